The molecule has 0 saturated heterocycles. The summed E-state index contributed by atoms with van der Waals surface area (Å²) in [6.45, 7) is 4.77. The molecule has 51 heavy (non-hydrogen) atoms. The summed E-state index contributed by atoms with van der Waals surface area (Å²) in [4.78, 5) is 0. The van der Waals surface area contributed by atoms with Gasteiger partial charge in [-0.2, -0.15) is 0 Å². The van der Waals surface area contributed by atoms with Crippen LogP contribution in [0.25, 0.3) is 55.7 Å². The highest BCUT2D eigenvalue weighted by molar-refractivity contribution is 6.01. The van der Waals surface area contributed by atoms with Gasteiger partial charge in [-0.3, -0.25) is 0 Å². The van der Waals surface area contributed by atoms with Gasteiger partial charge in [0.1, 0.15) is 0 Å². The lowest BCUT2D eigenvalue weighted by atomic mass is 9.81. The van der Waals surface area contributed by atoms with E-state index in [0.717, 1.165) is 24.7 Å². The monoisotopic (exact) mass is 655 g/mol. The van der Waals surface area contributed by atoms with Crippen LogP contribution in [0.4, 0.5) is 0 Å². The normalized spacial score (nSPS) is 18.1. The van der Waals surface area contributed by atoms with E-state index in [4.69, 9.17) is 0 Å². The number of fused-ring (bicyclic) bond motifs is 6. The Hall–Kier alpha value is -5.66. The summed E-state index contributed by atoms with van der Waals surface area (Å²) in [6.07, 6.45) is 8.36. The Labute approximate surface area is 301 Å². The van der Waals surface area contributed by atoms with Crippen molar-refractivity contribution in [1.29, 1.82) is 0 Å². The van der Waals surface area contributed by atoms with Crippen molar-refractivity contribution in [2.24, 2.45) is 11.8 Å². The van der Waals surface area contributed by atoms with Crippen LogP contribution in [0.5, 0.6) is 0 Å². The van der Waals surface area contributed by atoms with Crippen molar-refractivity contribution < 1.29 is 0 Å². The molecule has 0 N–H and O–H groups in total. The molecular formula is C50H41N. The van der Waals surface area contributed by atoms with E-state index in [1.807, 2.05) is 0 Å². The Balaban J connectivity index is 0.904. The number of hydrogen-bond donors (Lipinski definition) is 0. The minimum absolute atomic E-state index is 0.0878. The molecule has 1 heteroatoms. The first kappa shape index (κ1) is 30.2. The van der Waals surface area contributed by atoms with Crippen LogP contribution in [-0.2, 0) is 11.8 Å². The molecule has 0 aliphatic heterocycles. The number of aryl methyl sites for hydroxylation is 1. The molecule has 0 bridgehead atoms. The lowest BCUT2D eigenvalue weighted by Gasteiger charge is -2.21. The molecule has 1 heterocycles. The van der Waals surface area contributed by atoms with Gasteiger partial charge in [0.2, 0.25) is 0 Å². The molecule has 0 amide bonds. The van der Waals surface area contributed by atoms with Crippen LogP contribution in [-0.4, -0.2) is 4.57 Å². The van der Waals surface area contributed by atoms with Crippen molar-refractivity contribution in [3.05, 3.63) is 192 Å². The molecule has 1 aromatic heterocycles. The smallest absolute Gasteiger partial charge is 0.0584 e. The van der Waals surface area contributed by atoms with Crippen LogP contribution < -0.4 is 0 Å². The molecule has 2 atom stereocenters. The minimum atomic E-state index is -0.0878. The largest absolute Gasteiger partial charge is 0.309 e. The van der Waals surface area contributed by atoms with Gasteiger partial charge in [-0.1, -0.05) is 159 Å². The molecule has 10 rings (SSSR count). The summed E-state index contributed by atoms with van der Waals surface area (Å²) in [6, 6.07) is 56.1. The van der Waals surface area contributed by atoms with Crippen LogP contribution in [0.1, 0.15) is 48.9 Å². The fraction of sp³-hybridized carbons (Fsp3) is 0.160. The molecule has 1 nitrogen and oxygen atoms in total. The maximum atomic E-state index is 2.47. The van der Waals surface area contributed by atoms with Crippen molar-refractivity contribution in [2.75, 3.05) is 0 Å². The first-order chi connectivity index (χ1) is 25.0. The number of benzene rings is 6. The van der Waals surface area contributed by atoms with Gasteiger partial charge in [0.05, 0.1) is 11.2 Å². The van der Waals surface area contributed by atoms with Gasteiger partial charge in [0.25, 0.3) is 0 Å². The maximum Gasteiger partial charge on any atom is 0.0584 e. The second kappa shape index (κ2) is 11.7. The molecule has 3 aliphatic carbocycles. The zero-order valence-corrected chi connectivity index (χ0v) is 29.3. The van der Waals surface area contributed by atoms with E-state index in [2.05, 4.69) is 182 Å². The Morgan fingerprint density at radius 3 is 1.94 bits per heavy atom. The molecule has 6 aromatic carbocycles. The van der Waals surface area contributed by atoms with Gasteiger partial charge in [0, 0.05) is 22.1 Å². The average Bonchev–Trinajstić information content (AvgIpc) is 3.87. The van der Waals surface area contributed by atoms with Crippen molar-refractivity contribution in [3.63, 3.8) is 0 Å². The highest BCUT2D eigenvalue weighted by atomic mass is 15.0. The number of para-hydroxylation sites is 1. The number of nitrogens with zero attached hydrogens (tertiary/aromatic N) is 1. The van der Waals surface area contributed by atoms with Gasteiger partial charge in [-0.25, -0.2) is 0 Å². The Kier molecular flexibility index (Phi) is 6.93. The van der Waals surface area contributed by atoms with Gasteiger partial charge in [-0.15, -0.1) is 0 Å². The topological polar surface area (TPSA) is 4.93 Å². The van der Waals surface area contributed by atoms with Crippen molar-refractivity contribution in [1.82, 2.24) is 4.57 Å². The summed E-state index contributed by atoms with van der Waals surface area (Å²) in [5.41, 5.74) is 18.9. The van der Waals surface area contributed by atoms with Crippen molar-refractivity contribution >= 4 is 16.5 Å². The maximum absolute atomic E-state index is 2.47. The number of rotatable bonds is 7. The second-order valence-electron chi connectivity index (χ2n) is 15.2. The van der Waals surface area contributed by atoms with Crippen molar-refractivity contribution in [3.8, 4) is 39.2 Å². The average molecular weight is 656 g/mol. The third-order valence-corrected chi connectivity index (χ3v) is 11.9. The molecule has 246 valence electrons. The zero-order chi connectivity index (χ0) is 34.1. The Morgan fingerprint density at radius 1 is 0.569 bits per heavy atom. The molecule has 2 unspecified atom stereocenters. The first-order valence-electron chi connectivity index (χ1n) is 18.5. The number of allylic oxidation sites excluding steroid dienone is 4. The lowest BCUT2D eigenvalue weighted by molar-refractivity contribution is 0.666. The predicted molar refractivity (Wildman–Crippen MR) is 214 cm³/mol. The second-order valence-corrected chi connectivity index (χ2v) is 15.2. The van der Waals surface area contributed by atoms with Crippen molar-refractivity contribution in [2.45, 2.75) is 38.5 Å². The minimum Gasteiger partial charge on any atom is -0.309 e. The summed E-state index contributed by atoms with van der Waals surface area (Å²) < 4.78 is 2.47. The molecule has 3 aliphatic rings. The number of hydrogen-bond acceptors (Lipinski definition) is 0. The highest BCUT2D eigenvalue weighted by Gasteiger charge is 2.44. The van der Waals surface area contributed by atoms with Crippen LogP contribution in [0, 0.1) is 11.8 Å². The Morgan fingerprint density at radius 2 is 1.20 bits per heavy atom. The van der Waals surface area contributed by atoms with Crippen LogP contribution in [0.3, 0.4) is 0 Å². The van der Waals surface area contributed by atoms with E-state index < -0.39 is 0 Å². The van der Waals surface area contributed by atoms with Crippen LogP contribution in [0.15, 0.2) is 169 Å². The molecular weight excluding hydrogens is 615 g/mol. The SMILES string of the molecule is CC1(C)c2ccccc2-c2c1c1cc(-c3ccc(-c4ccc(CCC5=CC=C(c6ccccc6)C6CC56)cc4)cc3)ccc1n2-c1ccccc1. The molecule has 7 aromatic rings. The third-order valence-electron chi connectivity index (χ3n) is 11.9. The van der Waals surface area contributed by atoms with E-state index >= 15 is 0 Å². The molecule has 0 radical (unpaired) electrons. The fourth-order valence-corrected chi connectivity index (χ4v) is 9.18. The van der Waals surface area contributed by atoms with Crippen LogP contribution in [0.2, 0.25) is 0 Å². The van der Waals surface area contributed by atoms with E-state index in [0.29, 0.717) is 0 Å². The summed E-state index contributed by atoms with van der Waals surface area (Å²) >= 11 is 0. The third kappa shape index (κ3) is 4.98. The Bertz CT molecular complexity index is 2490. The summed E-state index contributed by atoms with van der Waals surface area (Å²) in [5.74, 6) is 1.47. The highest BCUT2D eigenvalue weighted by Crippen LogP contribution is 2.56. The van der Waals surface area contributed by atoms with E-state index in [1.165, 1.54) is 84.3 Å². The van der Waals surface area contributed by atoms with Gasteiger partial charge in [0.15, 0.2) is 0 Å². The van der Waals surface area contributed by atoms with Gasteiger partial charge < -0.3 is 4.57 Å². The predicted octanol–water partition coefficient (Wildman–Crippen LogP) is 12.9. The zero-order valence-electron chi connectivity index (χ0n) is 29.3. The lowest BCUT2D eigenvalue weighted by Crippen LogP contribution is -2.14. The van der Waals surface area contributed by atoms with Crippen LogP contribution >= 0.6 is 0 Å². The summed E-state index contributed by atoms with van der Waals surface area (Å²) in [5, 5.41) is 1.33. The van der Waals surface area contributed by atoms with E-state index in [-0.39, 0.29) is 5.41 Å². The fourth-order valence-electron chi connectivity index (χ4n) is 9.18. The van der Waals surface area contributed by atoms with E-state index in [9.17, 15) is 0 Å². The standard InChI is InChI=1S/C50H41N/c1-50(2)46-16-10-9-15-42(46)49-48(50)45-31-39(28-30-47(45)51(49)40-13-7-4-8-14-40)36-25-23-35(24-26-36)34-20-17-33(18-21-34)19-22-38-27-29-41(44-32-43(38)44)37-11-5-3-6-12-37/h3-18,20-21,23-31,43-44H,19,22,32H2,1-2H3. The quantitative estimate of drug-likeness (QED) is 0.161. The molecule has 1 fully saturated rings. The molecule has 1 saturated carbocycles. The van der Waals surface area contributed by atoms with Gasteiger partial charge >= 0.3 is 0 Å². The first-order valence-corrected chi connectivity index (χ1v) is 18.5. The summed E-state index contributed by atoms with van der Waals surface area (Å²) in [7, 11) is 0. The molecule has 0 spiro atoms. The van der Waals surface area contributed by atoms with E-state index in [1.54, 1.807) is 5.57 Å². The number of aromatic nitrogens is 1. The van der Waals surface area contributed by atoms with Gasteiger partial charge in [-0.05, 0) is 105 Å².